The van der Waals surface area contributed by atoms with E-state index in [9.17, 15) is 0 Å². The highest BCUT2D eigenvalue weighted by atomic mass is 32.1. The van der Waals surface area contributed by atoms with Crippen molar-refractivity contribution in [2.45, 2.75) is 52.1 Å². The lowest BCUT2D eigenvalue weighted by Crippen LogP contribution is -2.36. The summed E-state index contributed by atoms with van der Waals surface area (Å²) in [6, 6.07) is 5.08. The van der Waals surface area contributed by atoms with Gasteiger partial charge in [-0.05, 0) is 36.1 Å². The topological polar surface area (TPSA) is 12.0 Å². The summed E-state index contributed by atoms with van der Waals surface area (Å²) in [6.07, 6.45) is 5.46. The summed E-state index contributed by atoms with van der Waals surface area (Å²) >= 11 is 1.85. The second kappa shape index (κ2) is 4.67. The van der Waals surface area contributed by atoms with Gasteiger partial charge in [-0.3, -0.25) is 0 Å². The third-order valence-electron chi connectivity index (χ3n) is 3.35. The Morgan fingerprint density at radius 3 is 3.07 bits per heavy atom. The van der Waals surface area contributed by atoms with Crippen LogP contribution in [0.2, 0.25) is 0 Å². The Kier molecular flexibility index (Phi) is 3.47. The van der Waals surface area contributed by atoms with E-state index in [0.29, 0.717) is 5.41 Å². The molecule has 0 saturated heterocycles. The summed E-state index contributed by atoms with van der Waals surface area (Å²) in [4.78, 5) is 1.46. The Balaban J connectivity index is 1.80. The largest absolute Gasteiger partial charge is 0.309 e. The third-order valence-corrected chi connectivity index (χ3v) is 4.23. The number of rotatable bonds is 3. The lowest BCUT2D eigenvalue weighted by atomic mass is 9.75. The molecule has 0 spiro atoms. The molecule has 15 heavy (non-hydrogen) atoms. The van der Waals surface area contributed by atoms with Crippen molar-refractivity contribution in [3.63, 3.8) is 0 Å². The van der Waals surface area contributed by atoms with Crippen LogP contribution in [0.4, 0.5) is 0 Å². The number of thiophene rings is 1. The first-order valence-electron chi connectivity index (χ1n) is 5.91. The zero-order valence-electron chi connectivity index (χ0n) is 9.75. The maximum absolute atomic E-state index is 3.69. The van der Waals surface area contributed by atoms with Crippen molar-refractivity contribution in [2.75, 3.05) is 0 Å². The normalized spacial score (nSPS) is 25.3. The Morgan fingerprint density at radius 1 is 1.53 bits per heavy atom. The van der Waals surface area contributed by atoms with Crippen LogP contribution in [-0.2, 0) is 6.54 Å². The average molecular weight is 223 g/mol. The highest BCUT2D eigenvalue weighted by molar-refractivity contribution is 7.09. The summed E-state index contributed by atoms with van der Waals surface area (Å²) in [6.45, 7) is 5.84. The van der Waals surface area contributed by atoms with Gasteiger partial charge in [-0.1, -0.05) is 26.3 Å². The van der Waals surface area contributed by atoms with Gasteiger partial charge in [0.15, 0.2) is 0 Å². The van der Waals surface area contributed by atoms with E-state index in [2.05, 4.69) is 36.7 Å². The second-order valence-corrected chi connectivity index (χ2v) is 6.45. The van der Waals surface area contributed by atoms with Crippen molar-refractivity contribution in [3.8, 4) is 0 Å². The van der Waals surface area contributed by atoms with Gasteiger partial charge in [0.2, 0.25) is 0 Å². The monoisotopic (exact) mass is 223 g/mol. The highest BCUT2D eigenvalue weighted by Gasteiger charge is 2.27. The lowest BCUT2D eigenvalue weighted by Gasteiger charge is -2.35. The summed E-state index contributed by atoms with van der Waals surface area (Å²) in [5, 5.41) is 5.84. The molecule has 1 saturated carbocycles. The molecular weight excluding hydrogens is 202 g/mol. The molecule has 1 aliphatic carbocycles. The summed E-state index contributed by atoms with van der Waals surface area (Å²) in [7, 11) is 0. The molecule has 0 unspecified atom stereocenters. The van der Waals surface area contributed by atoms with Gasteiger partial charge in [-0.25, -0.2) is 0 Å². The summed E-state index contributed by atoms with van der Waals surface area (Å²) in [5.41, 5.74) is 0.547. The molecule has 1 aliphatic rings. The first-order chi connectivity index (χ1) is 7.16. The van der Waals surface area contributed by atoms with E-state index in [4.69, 9.17) is 0 Å². The zero-order chi connectivity index (χ0) is 10.7. The summed E-state index contributed by atoms with van der Waals surface area (Å²) < 4.78 is 0. The van der Waals surface area contributed by atoms with Crippen LogP contribution >= 0.6 is 11.3 Å². The maximum Gasteiger partial charge on any atom is 0.0302 e. The number of hydrogen-bond donors (Lipinski definition) is 1. The van der Waals surface area contributed by atoms with E-state index in [1.165, 1.54) is 30.6 Å². The van der Waals surface area contributed by atoms with Crippen molar-refractivity contribution in [1.82, 2.24) is 5.32 Å². The molecule has 0 aliphatic heterocycles. The van der Waals surface area contributed by atoms with Crippen LogP contribution in [0, 0.1) is 5.41 Å². The Morgan fingerprint density at radius 2 is 2.40 bits per heavy atom. The predicted octanol–water partition coefficient (Wildman–Crippen LogP) is 3.81. The SMILES string of the molecule is CC1(C)CCC[C@H](NCc2cccs2)C1. The standard InChI is InChI=1S/C13H21NS/c1-13(2)7-3-5-11(9-13)14-10-12-6-4-8-15-12/h4,6,8,11,14H,3,5,7,9-10H2,1-2H3/t11-/m0/s1. The molecule has 2 rings (SSSR count). The minimum atomic E-state index is 0.547. The predicted molar refractivity (Wildman–Crippen MR) is 67.2 cm³/mol. The Labute approximate surface area is 96.9 Å². The fraction of sp³-hybridized carbons (Fsp3) is 0.692. The van der Waals surface area contributed by atoms with Gasteiger partial charge in [0.1, 0.15) is 0 Å². The molecule has 0 amide bonds. The number of nitrogens with one attached hydrogen (secondary N) is 1. The first-order valence-corrected chi connectivity index (χ1v) is 6.79. The van der Waals surface area contributed by atoms with Crippen LogP contribution in [0.5, 0.6) is 0 Å². The third kappa shape index (κ3) is 3.32. The van der Waals surface area contributed by atoms with Gasteiger partial charge in [-0.15, -0.1) is 11.3 Å². The van der Waals surface area contributed by atoms with E-state index < -0.39 is 0 Å². The average Bonchev–Trinajstić information content (AvgIpc) is 2.65. The van der Waals surface area contributed by atoms with Crippen molar-refractivity contribution >= 4 is 11.3 Å². The molecular formula is C13H21NS. The lowest BCUT2D eigenvalue weighted by molar-refractivity contribution is 0.198. The minimum absolute atomic E-state index is 0.547. The molecule has 1 N–H and O–H groups in total. The zero-order valence-corrected chi connectivity index (χ0v) is 10.6. The first kappa shape index (κ1) is 11.2. The molecule has 0 radical (unpaired) electrons. The fourth-order valence-electron chi connectivity index (χ4n) is 2.53. The van der Waals surface area contributed by atoms with Gasteiger partial charge in [0.25, 0.3) is 0 Å². The molecule has 1 heterocycles. The molecule has 2 heteroatoms. The molecule has 1 aromatic heterocycles. The highest BCUT2D eigenvalue weighted by Crippen LogP contribution is 2.35. The van der Waals surface area contributed by atoms with Crippen LogP contribution in [0.1, 0.15) is 44.4 Å². The number of hydrogen-bond acceptors (Lipinski definition) is 2. The van der Waals surface area contributed by atoms with Crippen molar-refractivity contribution in [1.29, 1.82) is 0 Å². The van der Waals surface area contributed by atoms with Gasteiger partial charge in [-0.2, -0.15) is 0 Å². The second-order valence-electron chi connectivity index (χ2n) is 5.42. The van der Waals surface area contributed by atoms with Crippen LogP contribution < -0.4 is 5.32 Å². The Hall–Kier alpha value is -0.340. The quantitative estimate of drug-likeness (QED) is 0.821. The maximum atomic E-state index is 3.69. The fourth-order valence-corrected chi connectivity index (χ4v) is 3.19. The van der Waals surface area contributed by atoms with Crippen LogP contribution in [-0.4, -0.2) is 6.04 Å². The van der Waals surface area contributed by atoms with E-state index in [-0.39, 0.29) is 0 Å². The van der Waals surface area contributed by atoms with E-state index >= 15 is 0 Å². The van der Waals surface area contributed by atoms with Gasteiger partial charge < -0.3 is 5.32 Å². The molecule has 0 bridgehead atoms. The van der Waals surface area contributed by atoms with Crippen molar-refractivity contribution in [3.05, 3.63) is 22.4 Å². The van der Waals surface area contributed by atoms with Crippen molar-refractivity contribution in [2.24, 2.45) is 5.41 Å². The van der Waals surface area contributed by atoms with E-state index in [1.807, 2.05) is 11.3 Å². The molecule has 0 aromatic carbocycles. The van der Waals surface area contributed by atoms with Gasteiger partial charge >= 0.3 is 0 Å². The molecule has 1 atom stereocenters. The summed E-state index contributed by atoms with van der Waals surface area (Å²) in [5.74, 6) is 0. The smallest absolute Gasteiger partial charge is 0.0302 e. The van der Waals surface area contributed by atoms with Gasteiger partial charge in [0.05, 0.1) is 0 Å². The van der Waals surface area contributed by atoms with Crippen LogP contribution in [0.3, 0.4) is 0 Å². The van der Waals surface area contributed by atoms with Crippen LogP contribution in [0.15, 0.2) is 17.5 Å². The Bertz CT molecular complexity index is 289. The minimum Gasteiger partial charge on any atom is -0.309 e. The van der Waals surface area contributed by atoms with E-state index in [1.54, 1.807) is 0 Å². The molecule has 1 fully saturated rings. The molecule has 1 aromatic rings. The molecule has 1 nitrogen and oxygen atoms in total. The van der Waals surface area contributed by atoms with Crippen molar-refractivity contribution < 1.29 is 0 Å². The van der Waals surface area contributed by atoms with Gasteiger partial charge in [0, 0.05) is 17.5 Å². The van der Waals surface area contributed by atoms with E-state index in [0.717, 1.165) is 12.6 Å². The molecule has 84 valence electrons. The van der Waals surface area contributed by atoms with Crippen LogP contribution in [0.25, 0.3) is 0 Å².